The first-order valence-electron chi connectivity index (χ1n) is 7.26. The Labute approximate surface area is 150 Å². The molecule has 3 aromatic heterocycles. The second-order valence-electron chi connectivity index (χ2n) is 4.98. The van der Waals surface area contributed by atoms with Gasteiger partial charge in [0.2, 0.25) is 5.89 Å². The van der Waals surface area contributed by atoms with Crippen molar-refractivity contribution in [2.24, 2.45) is 0 Å². The summed E-state index contributed by atoms with van der Waals surface area (Å²) < 4.78 is 10.3. The third-order valence-corrected chi connectivity index (χ3v) is 4.96. The Morgan fingerprint density at radius 2 is 2.32 bits per heavy atom. The lowest BCUT2D eigenvalue weighted by molar-refractivity contribution is -0.139. The van der Waals surface area contributed by atoms with Gasteiger partial charge in [0.05, 0.1) is 29.4 Å². The summed E-state index contributed by atoms with van der Waals surface area (Å²) in [6, 6.07) is 5.08. The van der Waals surface area contributed by atoms with Gasteiger partial charge in [0, 0.05) is 6.07 Å². The summed E-state index contributed by atoms with van der Waals surface area (Å²) in [5.41, 5.74) is 0.00325. The Morgan fingerprint density at radius 3 is 3.04 bits per heavy atom. The number of hydrogen-bond acceptors (Lipinski definition) is 9. The molecule has 3 heterocycles. The number of methoxy groups -OCH3 is 1. The topological polar surface area (TPSA) is 111 Å². The van der Waals surface area contributed by atoms with Crippen molar-refractivity contribution < 1.29 is 13.9 Å². The zero-order valence-electron chi connectivity index (χ0n) is 13.4. The van der Waals surface area contributed by atoms with Crippen LogP contribution in [0.3, 0.4) is 0 Å². The van der Waals surface area contributed by atoms with Crippen LogP contribution >= 0.6 is 23.1 Å². The van der Waals surface area contributed by atoms with Crippen LogP contribution in [0.2, 0.25) is 0 Å². The van der Waals surface area contributed by atoms with E-state index in [1.54, 1.807) is 0 Å². The third kappa shape index (κ3) is 4.34. The number of aromatic amines is 1. The fourth-order valence-corrected chi connectivity index (χ4v) is 3.47. The number of thioether (sulfide) groups is 1. The van der Waals surface area contributed by atoms with E-state index in [2.05, 4.69) is 24.9 Å². The van der Waals surface area contributed by atoms with E-state index in [0.717, 1.165) is 4.88 Å². The summed E-state index contributed by atoms with van der Waals surface area (Å²) in [5, 5.41) is 10.2. The first kappa shape index (κ1) is 17.4. The van der Waals surface area contributed by atoms with Gasteiger partial charge >= 0.3 is 5.97 Å². The maximum Gasteiger partial charge on any atom is 0.311 e. The van der Waals surface area contributed by atoms with Gasteiger partial charge in [-0.3, -0.25) is 9.59 Å². The van der Waals surface area contributed by atoms with Crippen molar-refractivity contribution in [3.8, 4) is 10.8 Å². The van der Waals surface area contributed by atoms with Crippen molar-refractivity contribution in [1.29, 1.82) is 0 Å². The van der Waals surface area contributed by atoms with Crippen LogP contribution < -0.4 is 5.56 Å². The monoisotopic (exact) mass is 378 g/mol. The zero-order valence-corrected chi connectivity index (χ0v) is 15.0. The molecule has 0 radical (unpaired) electrons. The Bertz CT molecular complexity index is 920. The minimum atomic E-state index is -0.459. The summed E-state index contributed by atoms with van der Waals surface area (Å²) in [6.45, 7) is 1.86. The average molecular weight is 378 g/mol. The fraction of sp³-hybridized carbons (Fsp3) is 0.267. The maximum absolute atomic E-state index is 11.7. The summed E-state index contributed by atoms with van der Waals surface area (Å²) in [5.74, 6) is 0.423. The van der Waals surface area contributed by atoms with Crippen LogP contribution in [-0.4, -0.2) is 33.2 Å². The van der Waals surface area contributed by atoms with Crippen LogP contribution in [0.1, 0.15) is 23.8 Å². The van der Waals surface area contributed by atoms with Gasteiger partial charge < -0.3 is 14.1 Å². The number of H-pyrrole nitrogens is 1. The summed E-state index contributed by atoms with van der Waals surface area (Å²) in [4.78, 5) is 30.9. The summed E-state index contributed by atoms with van der Waals surface area (Å²) in [7, 11) is 1.29. The average Bonchev–Trinajstić information content (AvgIpc) is 3.25. The quantitative estimate of drug-likeness (QED) is 0.395. The molecule has 3 aromatic rings. The smallest absolute Gasteiger partial charge is 0.311 e. The number of nitrogens with zero attached hydrogens (tertiary/aromatic N) is 3. The fourth-order valence-electron chi connectivity index (χ4n) is 1.97. The van der Waals surface area contributed by atoms with Gasteiger partial charge in [0.1, 0.15) is 0 Å². The Kier molecular flexibility index (Phi) is 5.29. The van der Waals surface area contributed by atoms with Crippen LogP contribution in [0.5, 0.6) is 0 Å². The number of carbonyl (C=O) groups is 1. The number of ether oxygens (including phenoxy) is 1. The van der Waals surface area contributed by atoms with Crippen LogP contribution in [0.15, 0.2) is 37.9 Å². The molecule has 8 nitrogen and oxygen atoms in total. The van der Waals surface area contributed by atoms with E-state index in [9.17, 15) is 9.59 Å². The molecule has 0 aliphatic carbocycles. The molecular weight excluding hydrogens is 364 g/mol. The van der Waals surface area contributed by atoms with Gasteiger partial charge in [-0.1, -0.05) is 17.8 Å². The highest BCUT2D eigenvalue weighted by molar-refractivity contribution is 7.99. The van der Waals surface area contributed by atoms with Crippen LogP contribution in [0, 0.1) is 0 Å². The molecule has 0 fully saturated rings. The number of rotatable bonds is 6. The van der Waals surface area contributed by atoms with Crippen molar-refractivity contribution in [2.45, 2.75) is 23.8 Å². The van der Waals surface area contributed by atoms with Crippen molar-refractivity contribution >= 4 is 29.1 Å². The van der Waals surface area contributed by atoms with Gasteiger partial charge in [0.15, 0.2) is 5.16 Å². The summed E-state index contributed by atoms with van der Waals surface area (Å²) >= 11 is 2.77. The number of carbonyl (C=O) groups excluding carboxylic acids is 1. The number of esters is 1. The predicted molar refractivity (Wildman–Crippen MR) is 92.5 cm³/mol. The lowest BCUT2D eigenvalue weighted by atomic mass is 10.3. The van der Waals surface area contributed by atoms with Gasteiger partial charge in [-0.2, -0.15) is 0 Å². The largest absolute Gasteiger partial charge is 0.469 e. The minimum Gasteiger partial charge on any atom is -0.469 e. The molecule has 0 saturated heterocycles. The van der Waals surface area contributed by atoms with E-state index < -0.39 is 5.97 Å². The molecule has 0 unspecified atom stereocenters. The maximum atomic E-state index is 11.7. The zero-order chi connectivity index (χ0) is 17.8. The third-order valence-electron chi connectivity index (χ3n) is 3.13. The van der Waals surface area contributed by atoms with Crippen LogP contribution in [-0.2, 0) is 16.0 Å². The molecule has 0 spiro atoms. The molecule has 0 aliphatic rings. The lowest BCUT2D eigenvalue weighted by Gasteiger charge is -2.07. The number of nitrogens with one attached hydrogen (secondary N) is 1. The highest BCUT2D eigenvalue weighted by atomic mass is 32.2. The van der Waals surface area contributed by atoms with E-state index in [4.69, 9.17) is 4.42 Å². The Morgan fingerprint density at radius 1 is 1.48 bits per heavy atom. The minimum absolute atomic E-state index is 0.0640. The molecule has 1 N–H and O–H groups in total. The molecule has 130 valence electrons. The van der Waals surface area contributed by atoms with Crippen molar-refractivity contribution in [1.82, 2.24) is 20.2 Å². The van der Waals surface area contributed by atoms with Crippen molar-refractivity contribution in [2.75, 3.05) is 7.11 Å². The molecule has 0 aliphatic heterocycles. The van der Waals surface area contributed by atoms with Crippen molar-refractivity contribution in [3.05, 3.63) is 45.5 Å². The number of hydrogen-bond donors (Lipinski definition) is 1. The van der Waals surface area contributed by atoms with E-state index in [1.807, 2.05) is 24.4 Å². The van der Waals surface area contributed by atoms with E-state index in [0.29, 0.717) is 22.6 Å². The first-order chi connectivity index (χ1) is 12.0. The molecule has 0 bridgehead atoms. The lowest BCUT2D eigenvalue weighted by Crippen LogP contribution is -2.14. The van der Waals surface area contributed by atoms with Crippen molar-refractivity contribution in [3.63, 3.8) is 0 Å². The van der Waals surface area contributed by atoms with Gasteiger partial charge in [-0.05, 0) is 18.4 Å². The molecule has 0 saturated carbocycles. The Balaban J connectivity index is 1.75. The number of thiophene rings is 1. The first-order valence-corrected chi connectivity index (χ1v) is 9.02. The molecular formula is C15H14N4O4S2. The van der Waals surface area contributed by atoms with E-state index >= 15 is 0 Å². The van der Waals surface area contributed by atoms with E-state index in [1.165, 1.54) is 36.3 Å². The molecule has 3 rings (SSSR count). The van der Waals surface area contributed by atoms with Gasteiger partial charge in [-0.15, -0.1) is 21.5 Å². The summed E-state index contributed by atoms with van der Waals surface area (Å²) in [6.07, 6.45) is -0.0640. The highest BCUT2D eigenvalue weighted by Crippen LogP contribution is 2.33. The normalized spacial score (nSPS) is 12.1. The second-order valence-corrected chi connectivity index (χ2v) is 7.25. The SMILES string of the molecule is COC(=O)Cc1cc(=O)[nH]c(S[C@H](C)c2nnc(-c3cccs3)o2)n1. The molecule has 25 heavy (non-hydrogen) atoms. The van der Waals surface area contributed by atoms with E-state index in [-0.39, 0.29) is 17.2 Å². The molecule has 10 heteroatoms. The predicted octanol–water partition coefficient (Wildman–Crippen LogP) is 2.45. The highest BCUT2D eigenvalue weighted by Gasteiger charge is 2.18. The second kappa shape index (κ2) is 7.62. The Hall–Kier alpha value is -2.46. The van der Waals surface area contributed by atoms with Crippen LogP contribution in [0.25, 0.3) is 10.8 Å². The standard InChI is InChI=1S/C15H14N4O4S2/c1-8(13-18-19-14(23-13)10-4-3-5-24-10)25-15-16-9(6-11(20)17-15)7-12(21)22-2/h3-6,8H,7H2,1-2H3,(H,16,17,20)/t8-/m1/s1. The van der Waals surface area contributed by atoms with Crippen LogP contribution in [0.4, 0.5) is 0 Å². The molecule has 0 amide bonds. The van der Waals surface area contributed by atoms with Gasteiger partial charge in [0.25, 0.3) is 11.4 Å². The van der Waals surface area contributed by atoms with Gasteiger partial charge in [-0.25, -0.2) is 4.98 Å². The number of aromatic nitrogens is 4. The molecule has 1 atom stereocenters. The molecule has 0 aromatic carbocycles.